The van der Waals surface area contributed by atoms with Crippen molar-refractivity contribution < 1.29 is 14.2 Å². The second-order valence-electron chi connectivity index (χ2n) is 5.90. The minimum atomic E-state index is -0.187. The molecule has 0 aromatic rings. The van der Waals surface area contributed by atoms with Gasteiger partial charge in [0.25, 0.3) is 0 Å². The topological polar surface area (TPSA) is 27.7 Å². The summed E-state index contributed by atoms with van der Waals surface area (Å²) in [5.74, 6) is 2.66. The molecule has 0 saturated carbocycles. The lowest BCUT2D eigenvalue weighted by Crippen LogP contribution is -2.52. The van der Waals surface area contributed by atoms with E-state index in [4.69, 9.17) is 20.6 Å². The van der Waals surface area contributed by atoms with Gasteiger partial charge in [-0.3, -0.25) is 0 Å². The van der Waals surface area contributed by atoms with Crippen LogP contribution in [0.25, 0.3) is 0 Å². The average Bonchev–Trinajstić information content (AvgIpc) is 3.06. The normalized spacial score (nSPS) is 50.8. The van der Waals surface area contributed by atoms with E-state index in [0.717, 1.165) is 19.3 Å². The second kappa shape index (κ2) is 6.78. The van der Waals surface area contributed by atoms with Crippen molar-refractivity contribution in [3.63, 3.8) is 0 Å². The molecule has 3 heterocycles. The number of hydrogen-bond donors (Lipinski definition) is 0. The van der Waals surface area contributed by atoms with Gasteiger partial charge in [-0.05, 0) is 12.8 Å². The molecule has 0 radical (unpaired) electrons. The zero-order chi connectivity index (χ0) is 15.1. The summed E-state index contributed by atoms with van der Waals surface area (Å²) in [6, 6.07) is 0. The average molecular weight is 487 g/mol. The van der Waals surface area contributed by atoms with Gasteiger partial charge in [-0.15, -0.1) is 6.42 Å². The summed E-state index contributed by atoms with van der Waals surface area (Å²) < 4.78 is 18.2. The van der Waals surface area contributed by atoms with E-state index >= 15 is 0 Å². The number of hydrogen-bond acceptors (Lipinski definition) is 3. The van der Waals surface area contributed by atoms with Gasteiger partial charge < -0.3 is 14.2 Å². The van der Waals surface area contributed by atoms with Crippen molar-refractivity contribution in [1.29, 1.82) is 0 Å². The molecule has 3 fully saturated rings. The Morgan fingerprint density at radius 1 is 1.10 bits per heavy atom. The molecule has 6 heteroatoms. The number of alkyl halides is 3. The van der Waals surface area contributed by atoms with Crippen molar-refractivity contribution in [1.82, 2.24) is 0 Å². The molecule has 21 heavy (non-hydrogen) atoms. The van der Waals surface area contributed by atoms with Crippen LogP contribution in [0, 0.1) is 12.3 Å². The third-order valence-electron chi connectivity index (χ3n) is 4.56. The van der Waals surface area contributed by atoms with Crippen LogP contribution in [-0.4, -0.2) is 51.1 Å². The van der Waals surface area contributed by atoms with Crippen molar-refractivity contribution in [3.8, 4) is 12.3 Å². The highest BCUT2D eigenvalue weighted by Crippen LogP contribution is 2.42. The van der Waals surface area contributed by atoms with Gasteiger partial charge in [-0.2, -0.15) is 0 Å². The van der Waals surface area contributed by atoms with Crippen LogP contribution in [0.15, 0.2) is 0 Å². The maximum atomic E-state index is 6.28. The summed E-state index contributed by atoms with van der Waals surface area (Å²) in [7, 11) is 0. The molecule has 2 bridgehead atoms. The molecule has 3 aliphatic heterocycles. The van der Waals surface area contributed by atoms with Gasteiger partial charge in [-0.25, -0.2) is 0 Å². The molecule has 0 unspecified atom stereocenters. The molecule has 3 aliphatic rings. The maximum Gasteiger partial charge on any atom is 0.144 e. The Morgan fingerprint density at radius 2 is 1.86 bits per heavy atom. The summed E-state index contributed by atoms with van der Waals surface area (Å²) in [5.41, 5.74) is 0. The molecule has 3 rings (SSSR count). The molecule has 9 atom stereocenters. The van der Waals surface area contributed by atoms with E-state index in [1.807, 2.05) is 0 Å². The lowest BCUT2D eigenvalue weighted by Gasteiger charge is -2.42. The smallest absolute Gasteiger partial charge is 0.144 e. The van der Waals surface area contributed by atoms with Gasteiger partial charge in [0.05, 0.1) is 35.3 Å². The van der Waals surface area contributed by atoms with Gasteiger partial charge in [0.1, 0.15) is 6.10 Å². The minimum absolute atomic E-state index is 0.00836. The molecule has 3 saturated heterocycles. The van der Waals surface area contributed by atoms with Crippen molar-refractivity contribution >= 4 is 47.8 Å². The monoisotopic (exact) mass is 484 g/mol. The summed E-state index contributed by atoms with van der Waals surface area (Å²) in [5, 5.41) is 0. The molecule has 0 aromatic heterocycles. The predicted octanol–water partition coefficient (Wildman–Crippen LogP) is 3.40. The van der Waals surface area contributed by atoms with Gasteiger partial charge in [0.15, 0.2) is 0 Å². The Labute approximate surface area is 151 Å². The van der Waals surface area contributed by atoms with Gasteiger partial charge in [-0.1, -0.05) is 60.6 Å². The third-order valence-corrected chi connectivity index (χ3v) is 7.46. The van der Waals surface area contributed by atoms with E-state index in [2.05, 4.69) is 60.6 Å². The standard InChI is InChI=1S/C15H19Br3O3/c1-3-9-7(16)5-8(17)14(20-9)13(18)15-12-6-11(21-15)10(4-2)19-12/h2,7-15H,3,5-6H2,1H3/t7-,8+,9+,10-,11+,12+,13-,14+,15-/m0/s1. The van der Waals surface area contributed by atoms with E-state index in [9.17, 15) is 0 Å². The number of halogens is 3. The third kappa shape index (κ3) is 3.12. The largest absolute Gasteiger partial charge is 0.371 e. The fraction of sp³-hybridized carbons (Fsp3) is 0.867. The fourth-order valence-corrected chi connectivity index (χ4v) is 7.05. The number of fused-ring (bicyclic) bond motifs is 2. The van der Waals surface area contributed by atoms with Crippen LogP contribution in [0.3, 0.4) is 0 Å². The van der Waals surface area contributed by atoms with Crippen LogP contribution in [0.4, 0.5) is 0 Å². The van der Waals surface area contributed by atoms with Gasteiger partial charge in [0, 0.05) is 16.1 Å². The SMILES string of the molecule is C#C[C@@H]1O[C@@H]2C[C@H]1O[C@@H]2[C@@H](Br)[C@@H]1O[C@H](CC)[C@@H](Br)C[C@H]1Br. The lowest BCUT2D eigenvalue weighted by molar-refractivity contribution is -0.136. The Bertz CT molecular complexity index is 427. The molecule has 118 valence electrons. The number of terminal acetylenes is 1. The molecule has 0 spiro atoms. The second-order valence-corrected chi connectivity index (χ2v) is 9.31. The first-order valence-corrected chi connectivity index (χ1v) is 10.1. The van der Waals surface area contributed by atoms with Crippen molar-refractivity contribution in [2.45, 2.75) is 77.3 Å². The molecule has 0 N–H and O–H groups in total. The molecule has 0 amide bonds. The van der Waals surface area contributed by atoms with E-state index in [1.54, 1.807) is 0 Å². The molecule has 0 aromatic carbocycles. The quantitative estimate of drug-likeness (QED) is 0.452. The zero-order valence-electron chi connectivity index (χ0n) is 11.8. The first kappa shape index (κ1) is 16.7. The predicted molar refractivity (Wildman–Crippen MR) is 92.5 cm³/mol. The molecular weight excluding hydrogens is 468 g/mol. The Balaban J connectivity index is 1.66. The van der Waals surface area contributed by atoms with E-state index in [1.165, 1.54) is 0 Å². The molecular formula is C15H19Br3O3. The lowest BCUT2D eigenvalue weighted by atomic mass is 9.96. The van der Waals surface area contributed by atoms with E-state index in [0.29, 0.717) is 9.65 Å². The molecule has 0 aliphatic carbocycles. The van der Waals surface area contributed by atoms with Crippen molar-refractivity contribution in [2.24, 2.45) is 0 Å². The summed E-state index contributed by atoms with van der Waals surface area (Å²) in [6.45, 7) is 2.16. The molecule has 3 nitrogen and oxygen atoms in total. The highest BCUT2D eigenvalue weighted by molar-refractivity contribution is 9.10. The van der Waals surface area contributed by atoms with Gasteiger partial charge in [0.2, 0.25) is 0 Å². The van der Waals surface area contributed by atoms with E-state index in [-0.39, 0.29) is 41.5 Å². The van der Waals surface area contributed by atoms with Crippen LogP contribution in [-0.2, 0) is 14.2 Å². The highest BCUT2D eigenvalue weighted by atomic mass is 79.9. The van der Waals surface area contributed by atoms with E-state index < -0.39 is 0 Å². The highest BCUT2D eigenvalue weighted by Gasteiger charge is 2.53. The maximum absolute atomic E-state index is 6.28. The first-order valence-electron chi connectivity index (χ1n) is 7.39. The summed E-state index contributed by atoms with van der Waals surface area (Å²) in [6.07, 6.45) is 8.62. The Kier molecular flexibility index (Phi) is 5.40. The Morgan fingerprint density at radius 3 is 2.43 bits per heavy atom. The van der Waals surface area contributed by atoms with Crippen LogP contribution >= 0.6 is 47.8 Å². The minimum Gasteiger partial charge on any atom is -0.371 e. The summed E-state index contributed by atoms with van der Waals surface area (Å²) in [4.78, 5) is 0.788. The van der Waals surface area contributed by atoms with Crippen molar-refractivity contribution in [2.75, 3.05) is 0 Å². The van der Waals surface area contributed by atoms with Gasteiger partial charge >= 0.3 is 0 Å². The van der Waals surface area contributed by atoms with Crippen LogP contribution in [0.5, 0.6) is 0 Å². The number of rotatable bonds is 3. The number of ether oxygens (including phenoxy) is 3. The first-order chi connectivity index (χ1) is 10.0. The van der Waals surface area contributed by atoms with Crippen molar-refractivity contribution in [3.05, 3.63) is 0 Å². The fourth-order valence-electron chi connectivity index (χ4n) is 3.43. The summed E-state index contributed by atoms with van der Waals surface area (Å²) >= 11 is 11.3. The van der Waals surface area contributed by atoms with Crippen LogP contribution in [0.1, 0.15) is 26.2 Å². The van der Waals surface area contributed by atoms with Crippen LogP contribution in [0.2, 0.25) is 0 Å². The Hall–Kier alpha value is 0.880. The van der Waals surface area contributed by atoms with Crippen LogP contribution < -0.4 is 0 Å². The zero-order valence-corrected chi connectivity index (χ0v) is 16.5.